The van der Waals surface area contributed by atoms with Gasteiger partial charge in [0.05, 0.1) is 0 Å². The fourth-order valence-corrected chi connectivity index (χ4v) is 1.12. The van der Waals surface area contributed by atoms with Crippen molar-refractivity contribution in [3.05, 3.63) is 0 Å². The molecule has 0 aliphatic rings. The Morgan fingerprint density at radius 2 is 2.33 bits per heavy atom. The van der Waals surface area contributed by atoms with Gasteiger partial charge < -0.3 is 0 Å². The van der Waals surface area contributed by atoms with Crippen LogP contribution in [0.3, 0.4) is 0 Å². The average Bonchev–Trinajstić information content (AvgIpc) is 1.84. The van der Waals surface area contributed by atoms with E-state index in [9.17, 15) is 4.57 Å². The van der Waals surface area contributed by atoms with Crippen LogP contribution in [0.5, 0.6) is 0 Å². The number of rotatable bonds is 4. The summed E-state index contributed by atoms with van der Waals surface area (Å²) >= 11 is 5.30. The van der Waals surface area contributed by atoms with Crippen molar-refractivity contribution in [2.24, 2.45) is 5.50 Å². The van der Waals surface area contributed by atoms with Crippen molar-refractivity contribution in [2.45, 2.75) is 0 Å². The van der Waals surface area contributed by atoms with Gasteiger partial charge in [-0.25, -0.2) is 10.2 Å². The van der Waals surface area contributed by atoms with Gasteiger partial charge in [0.2, 0.25) is 0 Å². The van der Waals surface area contributed by atoms with E-state index in [4.69, 9.17) is 17.1 Å². The molecule has 0 saturated heterocycles. The Morgan fingerprint density at radius 1 is 1.78 bits per heavy atom. The first kappa shape index (κ1) is 9.40. The summed E-state index contributed by atoms with van der Waals surface area (Å²) in [6, 6.07) is 0. The number of alkyl halides is 1. The topological polar surface area (TPSA) is 67.1 Å². The largest absolute Gasteiger partial charge is 0.276 e. The third kappa shape index (κ3) is 4.88. The predicted octanol–water partition coefficient (Wildman–Crippen LogP) is 0.101. The molecule has 56 valence electrons. The minimum Gasteiger partial charge on any atom is -0.271 e. The van der Waals surface area contributed by atoms with Gasteiger partial charge in [0.25, 0.3) is 7.59 Å². The average molecular weight is 172 g/mol. The molecule has 4 nitrogen and oxygen atoms in total. The van der Waals surface area contributed by atoms with Gasteiger partial charge in [0, 0.05) is 12.4 Å². The highest BCUT2D eigenvalue weighted by Crippen LogP contribution is 2.21. The molecule has 0 radical (unpaired) electrons. The quantitative estimate of drug-likeness (QED) is 0.415. The molecule has 0 heterocycles. The molecule has 0 amide bonds. The molecule has 9 heavy (non-hydrogen) atoms. The summed E-state index contributed by atoms with van der Waals surface area (Å²) < 4.78 is 10.8. The number of hydrogen-bond donors (Lipinski definition) is 3. The molecule has 1 atom stereocenters. The van der Waals surface area contributed by atoms with E-state index < -0.39 is 7.59 Å². The third-order valence-electron chi connectivity index (χ3n) is 0.773. The Labute approximate surface area is 59.7 Å². The van der Waals surface area contributed by atoms with Crippen LogP contribution in [0.1, 0.15) is 0 Å². The van der Waals surface area contributed by atoms with Crippen molar-refractivity contribution < 1.29 is 4.57 Å². The lowest BCUT2D eigenvalue weighted by atomic mass is 10.8. The van der Waals surface area contributed by atoms with Crippen molar-refractivity contribution in [1.82, 2.24) is 10.2 Å². The van der Waals surface area contributed by atoms with Crippen LogP contribution in [0.2, 0.25) is 0 Å². The number of nitrogens with one attached hydrogen (secondary N) is 2. The Kier molecular flexibility index (Phi) is 4.44. The van der Waals surface area contributed by atoms with Crippen LogP contribution in [0.15, 0.2) is 0 Å². The van der Waals surface area contributed by atoms with Crippen LogP contribution in [-0.2, 0) is 4.57 Å². The second-order valence-corrected chi connectivity index (χ2v) is 3.94. The highest BCUT2D eigenvalue weighted by molar-refractivity contribution is 7.57. The molecule has 0 rings (SSSR count). The Morgan fingerprint density at radius 3 is 2.67 bits per heavy atom. The highest BCUT2D eigenvalue weighted by Gasteiger charge is 2.08. The van der Waals surface area contributed by atoms with Crippen molar-refractivity contribution in [3.63, 3.8) is 0 Å². The van der Waals surface area contributed by atoms with E-state index in [1.165, 1.54) is 7.05 Å². The van der Waals surface area contributed by atoms with Gasteiger partial charge in [-0.1, -0.05) is 0 Å². The van der Waals surface area contributed by atoms with Crippen molar-refractivity contribution >= 4 is 19.2 Å². The molecule has 0 spiro atoms. The Hall–Kier alpha value is 0.400. The van der Waals surface area contributed by atoms with Crippen molar-refractivity contribution in [1.29, 1.82) is 0 Å². The van der Waals surface area contributed by atoms with Gasteiger partial charge in [0.15, 0.2) is 0 Å². The lowest BCUT2D eigenvalue weighted by Gasteiger charge is -2.10. The lowest BCUT2D eigenvalue weighted by molar-refractivity contribution is 0.560. The summed E-state index contributed by atoms with van der Waals surface area (Å²) in [6.45, 7) is 0.455. The van der Waals surface area contributed by atoms with E-state index in [1.54, 1.807) is 0 Å². The van der Waals surface area contributed by atoms with Gasteiger partial charge in [0.1, 0.15) is 0 Å². The minimum atomic E-state index is -2.77. The third-order valence-corrected chi connectivity index (χ3v) is 2.32. The van der Waals surface area contributed by atoms with Crippen LogP contribution in [0.25, 0.3) is 0 Å². The fourth-order valence-electron chi connectivity index (χ4n) is 0.287. The van der Waals surface area contributed by atoms with Gasteiger partial charge in [-0.3, -0.25) is 10.1 Å². The van der Waals surface area contributed by atoms with E-state index in [-0.39, 0.29) is 0 Å². The second kappa shape index (κ2) is 4.25. The van der Waals surface area contributed by atoms with Crippen LogP contribution in [-0.4, -0.2) is 19.5 Å². The zero-order chi connectivity index (χ0) is 7.33. The summed E-state index contributed by atoms with van der Waals surface area (Å²) in [7, 11) is -1.24. The van der Waals surface area contributed by atoms with Gasteiger partial charge in [-0.05, 0) is 7.05 Å². The SMILES string of the molecule is CNP(N)(=O)NCCCl. The molecule has 1 unspecified atom stereocenters. The maximum absolute atomic E-state index is 10.8. The Balaban J connectivity index is 3.46. The van der Waals surface area contributed by atoms with Crippen molar-refractivity contribution in [2.75, 3.05) is 19.5 Å². The van der Waals surface area contributed by atoms with E-state index in [1.807, 2.05) is 0 Å². The molecular weight excluding hydrogens is 160 g/mol. The number of hydrogen-bond acceptors (Lipinski definition) is 1. The molecule has 0 saturated carbocycles. The molecule has 4 N–H and O–H groups in total. The summed E-state index contributed by atoms with van der Waals surface area (Å²) in [6.07, 6.45) is 0. The first-order valence-electron chi connectivity index (χ1n) is 2.51. The van der Waals surface area contributed by atoms with E-state index in [2.05, 4.69) is 10.2 Å². The number of halogens is 1. The van der Waals surface area contributed by atoms with E-state index >= 15 is 0 Å². The van der Waals surface area contributed by atoms with Gasteiger partial charge in [-0.2, -0.15) is 0 Å². The second-order valence-electron chi connectivity index (χ2n) is 1.48. The predicted molar refractivity (Wildman–Crippen MR) is 39.6 cm³/mol. The number of nitrogens with two attached hydrogens (primary N) is 1. The van der Waals surface area contributed by atoms with Gasteiger partial charge >= 0.3 is 0 Å². The Bertz CT molecular complexity index is 120. The molecular formula is C3H11ClN3OP. The van der Waals surface area contributed by atoms with Crippen LogP contribution < -0.4 is 15.7 Å². The fraction of sp³-hybridized carbons (Fsp3) is 1.00. The maximum Gasteiger partial charge on any atom is 0.276 e. The smallest absolute Gasteiger partial charge is 0.271 e. The molecule has 0 fully saturated rings. The normalized spacial score (nSPS) is 17.2. The van der Waals surface area contributed by atoms with Crippen molar-refractivity contribution in [3.8, 4) is 0 Å². The molecule has 0 aromatic rings. The first-order chi connectivity index (χ1) is 4.12. The minimum absolute atomic E-state index is 0.406. The lowest BCUT2D eigenvalue weighted by Crippen LogP contribution is -2.26. The molecule has 0 aliphatic heterocycles. The molecule has 0 aromatic carbocycles. The molecule has 0 aliphatic carbocycles. The zero-order valence-electron chi connectivity index (χ0n) is 5.22. The monoisotopic (exact) mass is 171 g/mol. The summed E-state index contributed by atoms with van der Waals surface area (Å²) in [4.78, 5) is 0. The van der Waals surface area contributed by atoms with E-state index in [0.717, 1.165) is 0 Å². The zero-order valence-corrected chi connectivity index (χ0v) is 6.88. The maximum atomic E-state index is 10.8. The summed E-state index contributed by atoms with van der Waals surface area (Å²) in [5.41, 5.74) is 5.18. The standard InChI is InChI=1S/C3H11ClN3OP/c1-6-9(5,8)7-3-2-4/h2-3H2,1H3,(H4,5,6,7,8). The highest BCUT2D eigenvalue weighted by atomic mass is 35.5. The molecule has 0 bridgehead atoms. The first-order valence-corrected chi connectivity index (χ1v) is 4.82. The summed E-state index contributed by atoms with van der Waals surface area (Å²) in [5.74, 6) is 0.406. The van der Waals surface area contributed by atoms with Gasteiger partial charge in [-0.15, -0.1) is 11.6 Å². The van der Waals surface area contributed by atoms with Crippen LogP contribution in [0, 0.1) is 0 Å². The van der Waals surface area contributed by atoms with Crippen LogP contribution >= 0.6 is 19.2 Å². The van der Waals surface area contributed by atoms with E-state index in [0.29, 0.717) is 12.4 Å². The summed E-state index contributed by atoms with van der Waals surface area (Å²) in [5, 5.41) is 4.99. The molecule has 6 heteroatoms. The molecule has 0 aromatic heterocycles. The van der Waals surface area contributed by atoms with Crippen LogP contribution in [0.4, 0.5) is 0 Å².